The molecule has 1 atom stereocenters. The first-order valence-electron chi connectivity index (χ1n) is 5.91. The van der Waals surface area contributed by atoms with E-state index in [2.05, 4.69) is 20.1 Å². The molecule has 0 rings (SSSR count). The van der Waals surface area contributed by atoms with Gasteiger partial charge in [0.05, 0.1) is 19.6 Å². The van der Waals surface area contributed by atoms with Crippen LogP contribution in [0.3, 0.4) is 0 Å². The number of rotatable bonds is 9. The second-order valence-corrected chi connectivity index (χ2v) is 4.32. The molecule has 3 nitrogen and oxygen atoms in total. The molecule has 0 saturated heterocycles. The van der Waals surface area contributed by atoms with E-state index in [0.29, 0.717) is 4.48 Å². The van der Waals surface area contributed by atoms with Crippen LogP contribution in [0, 0.1) is 0 Å². The van der Waals surface area contributed by atoms with Crippen LogP contribution in [0.25, 0.3) is 0 Å². The van der Waals surface area contributed by atoms with Gasteiger partial charge in [-0.15, -0.1) is 0 Å². The van der Waals surface area contributed by atoms with E-state index < -0.39 is 0 Å². The Bertz CT molecular complexity index is 238. The number of primary amides is 1. The van der Waals surface area contributed by atoms with Crippen LogP contribution in [0.5, 0.6) is 0 Å². The Hall–Kier alpha value is -1.09. The maximum absolute atomic E-state index is 11.4. The quantitative estimate of drug-likeness (QED) is 0.472. The minimum absolute atomic E-state index is 0.192. The van der Waals surface area contributed by atoms with Gasteiger partial charge in [0.15, 0.2) is 6.04 Å². The monoisotopic (exact) mass is 225 g/mol. The summed E-state index contributed by atoms with van der Waals surface area (Å²) >= 11 is 0. The second-order valence-electron chi connectivity index (χ2n) is 4.32. The highest BCUT2D eigenvalue weighted by Gasteiger charge is 2.34. The SMILES string of the molecule is C=CC[N+](CC=C)(CCCC)C(C)C(N)=O. The smallest absolute Gasteiger partial charge is 0.275 e. The van der Waals surface area contributed by atoms with Gasteiger partial charge in [0.1, 0.15) is 0 Å². The fourth-order valence-corrected chi connectivity index (χ4v) is 2.02. The van der Waals surface area contributed by atoms with Crippen molar-refractivity contribution in [1.82, 2.24) is 0 Å². The Morgan fingerprint density at radius 3 is 2.19 bits per heavy atom. The van der Waals surface area contributed by atoms with Crippen LogP contribution in [-0.2, 0) is 4.79 Å². The molecule has 2 N–H and O–H groups in total. The van der Waals surface area contributed by atoms with E-state index in [9.17, 15) is 4.79 Å². The summed E-state index contributed by atoms with van der Waals surface area (Å²) in [4.78, 5) is 11.4. The van der Waals surface area contributed by atoms with Gasteiger partial charge >= 0.3 is 0 Å². The molecule has 0 aromatic heterocycles. The van der Waals surface area contributed by atoms with Crippen molar-refractivity contribution in [2.24, 2.45) is 5.73 Å². The first-order chi connectivity index (χ1) is 7.54. The van der Waals surface area contributed by atoms with Gasteiger partial charge in [-0.3, -0.25) is 4.79 Å². The summed E-state index contributed by atoms with van der Waals surface area (Å²) in [6.45, 7) is 14.1. The first-order valence-corrected chi connectivity index (χ1v) is 5.91. The fourth-order valence-electron chi connectivity index (χ4n) is 2.02. The summed E-state index contributed by atoms with van der Waals surface area (Å²) in [5.41, 5.74) is 5.43. The van der Waals surface area contributed by atoms with Crippen LogP contribution < -0.4 is 5.73 Å². The zero-order valence-corrected chi connectivity index (χ0v) is 10.6. The highest BCUT2D eigenvalue weighted by Crippen LogP contribution is 2.16. The maximum Gasteiger partial charge on any atom is 0.275 e. The van der Waals surface area contributed by atoms with Crippen LogP contribution >= 0.6 is 0 Å². The zero-order valence-electron chi connectivity index (χ0n) is 10.6. The molecule has 0 saturated carbocycles. The Kier molecular flexibility index (Phi) is 6.74. The second kappa shape index (κ2) is 7.23. The van der Waals surface area contributed by atoms with Crippen molar-refractivity contribution in [2.75, 3.05) is 19.6 Å². The van der Waals surface area contributed by atoms with Crippen molar-refractivity contribution in [3.8, 4) is 0 Å². The number of carbonyl (C=O) groups is 1. The van der Waals surface area contributed by atoms with Gasteiger partial charge in [-0.1, -0.05) is 26.5 Å². The van der Waals surface area contributed by atoms with Crippen LogP contribution in [0.1, 0.15) is 26.7 Å². The van der Waals surface area contributed by atoms with E-state index in [0.717, 1.165) is 32.5 Å². The summed E-state index contributed by atoms with van der Waals surface area (Å²) in [6, 6.07) is -0.192. The lowest BCUT2D eigenvalue weighted by molar-refractivity contribution is -0.930. The summed E-state index contributed by atoms with van der Waals surface area (Å²) in [5.74, 6) is -0.250. The number of hydrogen-bond donors (Lipinski definition) is 1. The van der Waals surface area contributed by atoms with E-state index in [1.807, 2.05) is 19.1 Å². The van der Waals surface area contributed by atoms with Gasteiger partial charge in [0, 0.05) is 0 Å². The molecular weight excluding hydrogens is 200 g/mol. The Morgan fingerprint density at radius 1 is 1.38 bits per heavy atom. The third-order valence-corrected chi connectivity index (χ3v) is 3.18. The van der Waals surface area contributed by atoms with Crippen molar-refractivity contribution in [3.05, 3.63) is 25.3 Å². The van der Waals surface area contributed by atoms with E-state index >= 15 is 0 Å². The molecule has 0 radical (unpaired) electrons. The lowest BCUT2D eigenvalue weighted by Gasteiger charge is -2.41. The lowest BCUT2D eigenvalue weighted by atomic mass is 10.1. The van der Waals surface area contributed by atoms with Gasteiger partial charge in [-0.25, -0.2) is 0 Å². The Labute approximate surface area is 99.2 Å². The first kappa shape index (κ1) is 14.9. The summed E-state index contributed by atoms with van der Waals surface area (Å²) in [5, 5.41) is 0. The maximum atomic E-state index is 11.4. The molecule has 0 aliphatic heterocycles. The van der Waals surface area contributed by atoms with Crippen LogP contribution in [0.15, 0.2) is 25.3 Å². The number of hydrogen-bond acceptors (Lipinski definition) is 1. The number of nitrogens with two attached hydrogens (primary N) is 1. The number of quaternary nitrogens is 1. The summed E-state index contributed by atoms with van der Waals surface area (Å²) in [6.07, 6.45) is 5.91. The molecular formula is C13H25N2O+. The molecule has 0 aliphatic carbocycles. The van der Waals surface area contributed by atoms with E-state index in [1.54, 1.807) is 0 Å². The highest BCUT2D eigenvalue weighted by molar-refractivity contribution is 5.78. The molecule has 1 unspecified atom stereocenters. The molecule has 16 heavy (non-hydrogen) atoms. The van der Waals surface area contributed by atoms with E-state index in [-0.39, 0.29) is 11.9 Å². The average molecular weight is 225 g/mol. The van der Waals surface area contributed by atoms with E-state index in [4.69, 9.17) is 5.73 Å². The van der Waals surface area contributed by atoms with Gasteiger partial charge in [0.25, 0.3) is 5.91 Å². The molecule has 0 aromatic rings. The van der Waals surface area contributed by atoms with Gasteiger partial charge in [-0.05, 0) is 25.5 Å². The fraction of sp³-hybridized carbons (Fsp3) is 0.615. The molecule has 3 heteroatoms. The number of unbranched alkanes of at least 4 members (excludes halogenated alkanes) is 1. The van der Waals surface area contributed by atoms with Gasteiger partial charge < -0.3 is 10.2 Å². The van der Waals surface area contributed by atoms with Crippen molar-refractivity contribution >= 4 is 5.91 Å². The predicted molar refractivity (Wildman–Crippen MR) is 68.8 cm³/mol. The van der Waals surface area contributed by atoms with Gasteiger partial charge in [-0.2, -0.15) is 0 Å². The van der Waals surface area contributed by atoms with Crippen LogP contribution in [0.2, 0.25) is 0 Å². The van der Waals surface area contributed by atoms with Crippen molar-refractivity contribution < 1.29 is 9.28 Å². The van der Waals surface area contributed by atoms with Crippen molar-refractivity contribution in [1.29, 1.82) is 0 Å². The zero-order chi connectivity index (χ0) is 12.6. The molecule has 1 amide bonds. The normalized spacial score (nSPS) is 13.1. The largest absolute Gasteiger partial charge is 0.365 e. The topological polar surface area (TPSA) is 43.1 Å². The lowest BCUT2D eigenvalue weighted by Crippen LogP contribution is -2.59. The number of amides is 1. The van der Waals surface area contributed by atoms with Crippen molar-refractivity contribution in [2.45, 2.75) is 32.7 Å². The molecule has 0 spiro atoms. The Morgan fingerprint density at radius 2 is 1.88 bits per heavy atom. The molecule has 0 aliphatic rings. The van der Waals surface area contributed by atoms with Gasteiger partial charge in [0.2, 0.25) is 0 Å². The minimum atomic E-state index is -0.250. The molecule has 0 bridgehead atoms. The average Bonchev–Trinajstić information content (AvgIpc) is 2.25. The molecule has 0 aromatic carbocycles. The Balaban J connectivity index is 4.96. The summed E-state index contributed by atoms with van der Waals surface area (Å²) < 4.78 is 0.649. The van der Waals surface area contributed by atoms with Crippen LogP contribution in [-0.4, -0.2) is 36.1 Å². The minimum Gasteiger partial charge on any atom is -0.365 e. The molecule has 0 heterocycles. The predicted octanol–water partition coefficient (Wildman–Crippen LogP) is 1.85. The van der Waals surface area contributed by atoms with Crippen molar-refractivity contribution in [3.63, 3.8) is 0 Å². The summed E-state index contributed by atoms with van der Waals surface area (Å²) in [7, 11) is 0. The highest BCUT2D eigenvalue weighted by atomic mass is 16.1. The van der Waals surface area contributed by atoms with Crippen LogP contribution in [0.4, 0.5) is 0 Å². The standard InChI is InChI=1S/C13H24N2O/c1-5-8-11-15(9-6-2,10-7-3)12(4)13(14)16/h6-7,12H,2-3,5,8-11H2,1,4H3,(H-,14,16)/p+1. The third-order valence-electron chi connectivity index (χ3n) is 3.18. The third kappa shape index (κ3) is 3.81. The van der Waals surface area contributed by atoms with E-state index in [1.165, 1.54) is 0 Å². The molecule has 92 valence electrons. The number of nitrogens with zero attached hydrogens (tertiary/aromatic N) is 1. The number of carbonyl (C=O) groups excluding carboxylic acids is 1. The molecule has 0 fully saturated rings.